The molecule has 1 aromatic rings. The molecule has 0 bridgehead atoms. The Balaban J connectivity index is 0. The van der Waals surface area contributed by atoms with Crippen LogP contribution in [-0.2, 0) is 4.79 Å². The van der Waals surface area contributed by atoms with E-state index in [1.54, 1.807) is 20.8 Å². The second-order valence-corrected chi connectivity index (χ2v) is 4.69. The highest BCUT2D eigenvalue weighted by molar-refractivity contribution is 5.97. The van der Waals surface area contributed by atoms with E-state index in [-0.39, 0.29) is 24.2 Å². The Morgan fingerprint density at radius 3 is 1.60 bits per heavy atom. The summed E-state index contributed by atoms with van der Waals surface area (Å²) in [4.78, 5) is 21.0. The van der Waals surface area contributed by atoms with Crippen LogP contribution in [0.4, 0.5) is 0 Å². The van der Waals surface area contributed by atoms with Gasteiger partial charge < -0.3 is 10.2 Å². The van der Waals surface area contributed by atoms with Crippen molar-refractivity contribution in [2.45, 2.75) is 34.6 Å². The third-order valence-electron chi connectivity index (χ3n) is 2.08. The lowest BCUT2D eigenvalue weighted by molar-refractivity contribution is -0.140. The third-order valence-corrected chi connectivity index (χ3v) is 2.08. The van der Waals surface area contributed by atoms with E-state index in [4.69, 9.17) is 10.2 Å². The fraction of sp³-hybridized carbons (Fsp3) is 0.500. The number of hydrogen-bond acceptors (Lipinski definition) is 3. The average molecular weight is 282 g/mol. The topological polar surface area (TPSA) is 74.6 Å². The molecular formula is C16H26O4. The SMILES string of the molecule is CC(C)C(=O)O.CC(C)C(=O)c1ccccc1.CCO. The molecule has 1 aromatic carbocycles. The smallest absolute Gasteiger partial charge is 0.305 e. The van der Waals surface area contributed by atoms with Gasteiger partial charge in [-0.1, -0.05) is 58.0 Å². The predicted octanol–water partition coefficient (Wildman–Crippen LogP) is 3.25. The Bertz CT molecular complexity index is 369. The normalized spacial score (nSPS) is 9.20. The second kappa shape index (κ2) is 12.4. The molecule has 1 rings (SSSR count). The maximum absolute atomic E-state index is 11.3. The van der Waals surface area contributed by atoms with E-state index in [0.29, 0.717) is 0 Å². The molecule has 0 aromatic heterocycles. The summed E-state index contributed by atoms with van der Waals surface area (Å²) in [7, 11) is 0. The van der Waals surface area contributed by atoms with Gasteiger partial charge in [-0.3, -0.25) is 9.59 Å². The van der Waals surface area contributed by atoms with Crippen molar-refractivity contribution < 1.29 is 19.8 Å². The van der Waals surface area contributed by atoms with Crippen LogP contribution in [0.5, 0.6) is 0 Å². The Kier molecular flexibility index (Phi) is 12.8. The van der Waals surface area contributed by atoms with E-state index >= 15 is 0 Å². The van der Waals surface area contributed by atoms with Gasteiger partial charge in [0.1, 0.15) is 0 Å². The number of hydrogen-bond donors (Lipinski definition) is 2. The van der Waals surface area contributed by atoms with Crippen LogP contribution in [0, 0.1) is 11.8 Å². The van der Waals surface area contributed by atoms with Gasteiger partial charge in [0.05, 0.1) is 5.92 Å². The van der Waals surface area contributed by atoms with Crippen LogP contribution in [0.1, 0.15) is 45.0 Å². The minimum atomic E-state index is -0.741. The van der Waals surface area contributed by atoms with Crippen molar-refractivity contribution in [3.05, 3.63) is 35.9 Å². The van der Waals surface area contributed by atoms with Crippen molar-refractivity contribution >= 4 is 11.8 Å². The summed E-state index contributed by atoms with van der Waals surface area (Å²) in [6, 6.07) is 9.38. The number of aliphatic hydroxyl groups excluding tert-OH is 1. The van der Waals surface area contributed by atoms with Crippen LogP contribution in [0.2, 0.25) is 0 Å². The summed E-state index contributed by atoms with van der Waals surface area (Å²) in [6.07, 6.45) is 0. The first-order chi connectivity index (χ1) is 9.27. The van der Waals surface area contributed by atoms with Crippen molar-refractivity contribution in [2.75, 3.05) is 6.61 Å². The summed E-state index contributed by atoms with van der Waals surface area (Å²) in [5.74, 6) is -0.664. The Morgan fingerprint density at radius 1 is 1.00 bits per heavy atom. The van der Waals surface area contributed by atoms with Gasteiger partial charge in [0.15, 0.2) is 5.78 Å². The number of carbonyl (C=O) groups is 2. The van der Waals surface area contributed by atoms with E-state index in [1.807, 2.05) is 44.2 Å². The zero-order valence-electron chi connectivity index (χ0n) is 13.0. The van der Waals surface area contributed by atoms with Crippen molar-refractivity contribution in [3.63, 3.8) is 0 Å². The van der Waals surface area contributed by atoms with Gasteiger partial charge in [-0.2, -0.15) is 0 Å². The van der Waals surface area contributed by atoms with Crippen LogP contribution in [0.3, 0.4) is 0 Å². The van der Waals surface area contributed by atoms with Crippen molar-refractivity contribution in [1.29, 1.82) is 0 Å². The molecule has 0 radical (unpaired) electrons. The molecule has 0 spiro atoms. The minimum Gasteiger partial charge on any atom is -0.481 e. The largest absolute Gasteiger partial charge is 0.481 e. The number of carboxylic acids is 1. The molecule has 0 heterocycles. The number of Topliss-reactive ketones (excluding diaryl/α,β-unsaturated/α-hetero) is 1. The van der Waals surface area contributed by atoms with Gasteiger partial charge >= 0.3 is 5.97 Å². The maximum Gasteiger partial charge on any atom is 0.305 e. The molecule has 20 heavy (non-hydrogen) atoms. The summed E-state index contributed by atoms with van der Waals surface area (Å²) in [5.41, 5.74) is 0.808. The van der Waals surface area contributed by atoms with Crippen LogP contribution in [0.25, 0.3) is 0 Å². The number of carboxylic acid groups (broad SMARTS) is 1. The highest BCUT2D eigenvalue weighted by atomic mass is 16.4. The molecule has 2 N–H and O–H groups in total. The lowest BCUT2D eigenvalue weighted by Gasteiger charge is -2.01. The first-order valence-electron chi connectivity index (χ1n) is 6.70. The number of rotatable bonds is 3. The minimum absolute atomic E-state index is 0.0948. The Labute approximate surface area is 121 Å². The molecule has 0 fully saturated rings. The summed E-state index contributed by atoms with van der Waals surface area (Å²) >= 11 is 0. The van der Waals surface area contributed by atoms with Crippen molar-refractivity contribution in [2.24, 2.45) is 11.8 Å². The lowest BCUT2D eigenvalue weighted by Crippen LogP contribution is -2.06. The first kappa shape index (κ1) is 20.6. The summed E-state index contributed by atoms with van der Waals surface area (Å²) in [6.45, 7) is 9.04. The molecule has 0 aliphatic rings. The predicted molar refractivity (Wildman–Crippen MR) is 80.8 cm³/mol. The second-order valence-electron chi connectivity index (χ2n) is 4.69. The third kappa shape index (κ3) is 11.4. The maximum atomic E-state index is 11.3. The Hall–Kier alpha value is -1.68. The molecule has 0 saturated carbocycles. The fourth-order valence-corrected chi connectivity index (χ4v) is 0.936. The Morgan fingerprint density at radius 2 is 1.35 bits per heavy atom. The van der Waals surface area contributed by atoms with Gasteiger partial charge in [0.25, 0.3) is 0 Å². The zero-order valence-corrected chi connectivity index (χ0v) is 13.0. The number of aliphatic carboxylic acids is 1. The molecule has 0 atom stereocenters. The van der Waals surface area contributed by atoms with Crippen LogP contribution < -0.4 is 0 Å². The highest BCUT2D eigenvalue weighted by Gasteiger charge is 2.08. The van der Waals surface area contributed by atoms with Crippen LogP contribution >= 0.6 is 0 Å². The zero-order chi connectivity index (χ0) is 16.1. The monoisotopic (exact) mass is 282 g/mol. The van der Waals surface area contributed by atoms with E-state index in [0.717, 1.165) is 5.56 Å². The van der Waals surface area contributed by atoms with Crippen molar-refractivity contribution in [1.82, 2.24) is 0 Å². The van der Waals surface area contributed by atoms with Crippen LogP contribution in [0.15, 0.2) is 30.3 Å². The molecule has 0 aliphatic heterocycles. The molecule has 0 unspecified atom stereocenters. The van der Waals surface area contributed by atoms with Crippen molar-refractivity contribution in [3.8, 4) is 0 Å². The van der Waals surface area contributed by atoms with E-state index in [2.05, 4.69) is 0 Å². The van der Waals surface area contributed by atoms with E-state index in [9.17, 15) is 9.59 Å². The molecule has 114 valence electrons. The molecule has 0 saturated heterocycles. The number of aliphatic hydroxyl groups is 1. The number of benzene rings is 1. The van der Waals surface area contributed by atoms with Gasteiger partial charge in [0.2, 0.25) is 0 Å². The van der Waals surface area contributed by atoms with Gasteiger partial charge in [-0.25, -0.2) is 0 Å². The standard InChI is InChI=1S/C10H12O.C4H8O2.C2H6O/c1-8(2)10(11)9-6-4-3-5-7-9;1-3(2)4(5)6;1-2-3/h3-8H,1-2H3;3H,1-2H3,(H,5,6);3H,2H2,1H3. The van der Waals surface area contributed by atoms with E-state index in [1.165, 1.54) is 0 Å². The van der Waals surface area contributed by atoms with E-state index < -0.39 is 5.97 Å². The molecule has 0 aliphatic carbocycles. The fourth-order valence-electron chi connectivity index (χ4n) is 0.936. The van der Waals surface area contributed by atoms with Gasteiger partial charge in [-0.15, -0.1) is 0 Å². The summed E-state index contributed by atoms with van der Waals surface area (Å²) in [5, 5.41) is 15.6. The molecule has 0 amide bonds. The van der Waals surface area contributed by atoms with Crippen LogP contribution in [-0.4, -0.2) is 28.6 Å². The molecule has 4 heteroatoms. The molecular weight excluding hydrogens is 256 g/mol. The van der Waals surface area contributed by atoms with Gasteiger partial charge in [0, 0.05) is 18.1 Å². The number of carbonyl (C=O) groups excluding carboxylic acids is 1. The molecule has 4 nitrogen and oxygen atoms in total. The van der Waals surface area contributed by atoms with Gasteiger partial charge in [-0.05, 0) is 6.92 Å². The highest BCUT2D eigenvalue weighted by Crippen LogP contribution is 2.06. The first-order valence-corrected chi connectivity index (χ1v) is 6.70. The summed E-state index contributed by atoms with van der Waals surface area (Å²) < 4.78 is 0. The average Bonchev–Trinajstić information content (AvgIpc) is 2.40. The number of ketones is 1. The quantitative estimate of drug-likeness (QED) is 0.834. The lowest BCUT2D eigenvalue weighted by atomic mass is 10.0.